The number of rotatable bonds is 6. The summed E-state index contributed by atoms with van der Waals surface area (Å²) in [6, 6.07) is 0.480. The predicted octanol–water partition coefficient (Wildman–Crippen LogP) is 1.23. The molecule has 0 aliphatic heterocycles. The molecule has 0 saturated heterocycles. The molecule has 1 atom stereocenters. The summed E-state index contributed by atoms with van der Waals surface area (Å²) in [7, 11) is 8.07. The molecule has 0 amide bonds. The Labute approximate surface area is 101 Å². The molecule has 4 nitrogen and oxygen atoms in total. The second kappa shape index (κ2) is 7.49. The van der Waals surface area contributed by atoms with E-state index in [9.17, 15) is 0 Å². The first-order valence-corrected chi connectivity index (χ1v) is 6.07. The lowest BCUT2D eigenvalue weighted by molar-refractivity contribution is 0.206. The highest BCUT2D eigenvalue weighted by Gasteiger charge is 2.20. The minimum atomic E-state index is 0.480. The van der Waals surface area contributed by atoms with E-state index in [-0.39, 0.29) is 0 Å². The smallest absolute Gasteiger partial charge is 0.190 e. The lowest BCUT2D eigenvalue weighted by Crippen LogP contribution is -2.39. The molecule has 96 valence electrons. The van der Waals surface area contributed by atoms with Crippen molar-refractivity contribution in [3.63, 3.8) is 0 Å². The first-order chi connectivity index (χ1) is 7.43. The van der Waals surface area contributed by atoms with Crippen molar-refractivity contribution in [3.8, 4) is 0 Å². The molecule has 0 radical (unpaired) electrons. The van der Waals surface area contributed by atoms with E-state index in [1.807, 2.05) is 19.0 Å². The molecule has 0 aromatic carbocycles. The van der Waals surface area contributed by atoms with Gasteiger partial charge in [-0.25, -0.2) is 0 Å². The molecule has 0 fully saturated rings. The number of hydrogen-bond donors (Lipinski definition) is 1. The summed E-state index contributed by atoms with van der Waals surface area (Å²) in [5, 5.41) is 0. The van der Waals surface area contributed by atoms with E-state index >= 15 is 0 Å². The van der Waals surface area contributed by atoms with Crippen LogP contribution in [0.5, 0.6) is 0 Å². The third-order valence-electron chi connectivity index (χ3n) is 3.15. The average Bonchev–Trinajstić information content (AvgIpc) is 2.22. The normalized spacial score (nSPS) is 14.6. The fourth-order valence-corrected chi connectivity index (χ4v) is 1.90. The number of nitrogens with two attached hydrogens (primary N) is 1. The van der Waals surface area contributed by atoms with Crippen LogP contribution in [0.1, 0.15) is 26.7 Å². The quantitative estimate of drug-likeness (QED) is 0.549. The van der Waals surface area contributed by atoms with Gasteiger partial charge in [-0.1, -0.05) is 26.7 Å². The highest BCUT2D eigenvalue weighted by atomic mass is 15.2. The number of guanidine groups is 1. The fourth-order valence-electron chi connectivity index (χ4n) is 1.90. The van der Waals surface area contributed by atoms with E-state index in [0.29, 0.717) is 17.9 Å². The zero-order chi connectivity index (χ0) is 12.7. The van der Waals surface area contributed by atoms with Crippen LogP contribution in [0.2, 0.25) is 0 Å². The van der Waals surface area contributed by atoms with E-state index in [1.165, 1.54) is 12.8 Å². The van der Waals surface area contributed by atoms with Crippen LogP contribution in [0.25, 0.3) is 0 Å². The number of nitrogens with zero attached hydrogens (tertiary/aromatic N) is 3. The van der Waals surface area contributed by atoms with Gasteiger partial charge in [-0.2, -0.15) is 0 Å². The lowest BCUT2D eigenvalue weighted by atomic mass is 9.93. The molecule has 0 aromatic rings. The summed E-state index contributed by atoms with van der Waals surface area (Å²) in [6.07, 6.45) is 2.38. The first kappa shape index (κ1) is 15.2. The summed E-state index contributed by atoms with van der Waals surface area (Å²) >= 11 is 0. The van der Waals surface area contributed by atoms with E-state index in [2.05, 4.69) is 37.8 Å². The van der Waals surface area contributed by atoms with Crippen molar-refractivity contribution >= 4 is 5.96 Å². The van der Waals surface area contributed by atoms with Gasteiger partial charge in [-0.3, -0.25) is 4.99 Å². The highest BCUT2D eigenvalue weighted by Crippen LogP contribution is 2.17. The van der Waals surface area contributed by atoms with Gasteiger partial charge in [-0.15, -0.1) is 0 Å². The van der Waals surface area contributed by atoms with Gasteiger partial charge in [0.25, 0.3) is 0 Å². The second-order valence-corrected chi connectivity index (χ2v) is 4.70. The molecule has 0 heterocycles. The topological polar surface area (TPSA) is 44.9 Å². The molecule has 2 N–H and O–H groups in total. The fraction of sp³-hybridized carbons (Fsp3) is 0.917. The van der Waals surface area contributed by atoms with Crippen LogP contribution in [0.3, 0.4) is 0 Å². The molecule has 0 aromatic heterocycles. The highest BCUT2D eigenvalue weighted by molar-refractivity contribution is 5.77. The molecule has 0 rings (SSSR count). The van der Waals surface area contributed by atoms with Crippen molar-refractivity contribution in [3.05, 3.63) is 0 Å². The molecule has 4 heteroatoms. The molecule has 0 aliphatic rings. The Balaban J connectivity index is 4.51. The molecule has 0 aliphatic carbocycles. The maximum absolute atomic E-state index is 5.81. The van der Waals surface area contributed by atoms with Gasteiger partial charge >= 0.3 is 0 Å². The minimum Gasteiger partial charge on any atom is -0.370 e. The van der Waals surface area contributed by atoms with E-state index in [4.69, 9.17) is 5.73 Å². The molecule has 0 bridgehead atoms. The van der Waals surface area contributed by atoms with Gasteiger partial charge in [0.2, 0.25) is 0 Å². The monoisotopic (exact) mass is 228 g/mol. The third-order valence-corrected chi connectivity index (χ3v) is 3.15. The van der Waals surface area contributed by atoms with Crippen LogP contribution < -0.4 is 5.73 Å². The number of aliphatic imine (C=N–C) groups is 1. The second-order valence-electron chi connectivity index (χ2n) is 4.70. The Kier molecular flexibility index (Phi) is 7.13. The summed E-state index contributed by atoms with van der Waals surface area (Å²) in [6.45, 7) is 5.26. The summed E-state index contributed by atoms with van der Waals surface area (Å²) in [5.74, 6) is 1.30. The largest absolute Gasteiger partial charge is 0.370 e. The Bertz CT molecular complexity index is 207. The van der Waals surface area contributed by atoms with E-state index < -0.39 is 0 Å². The zero-order valence-electron chi connectivity index (χ0n) is 11.7. The van der Waals surface area contributed by atoms with Crippen molar-refractivity contribution in [2.75, 3.05) is 34.7 Å². The van der Waals surface area contributed by atoms with Crippen LogP contribution in [-0.4, -0.2) is 56.5 Å². The van der Waals surface area contributed by atoms with Gasteiger partial charge in [-0.05, 0) is 20.0 Å². The Hall–Kier alpha value is -0.770. The molecular formula is C12H28N4. The average molecular weight is 228 g/mol. The lowest BCUT2D eigenvalue weighted by Gasteiger charge is -2.30. The van der Waals surface area contributed by atoms with Gasteiger partial charge in [0.1, 0.15) is 0 Å². The van der Waals surface area contributed by atoms with Gasteiger partial charge < -0.3 is 15.5 Å². The van der Waals surface area contributed by atoms with Crippen molar-refractivity contribution in [2.45, 2.75) is 32.7 Å². The SMILES string of the molecule is CCC(CC)[C@H](CN=C(N)N(C)C)N(C)C. The zero-order valence-corrected chi connectivity index (χ0v) is 11.7. The van der Waals surface area contributed by atoms with Crippen molar-refractivity contribution < 1.29 is 0 Å². The summed E-state index contributed by atoms with van der Waals surface area (Å²) in [4.78, 5) is 8.54. The van der Waals surface area contributed by atoms with Crippen LogP contribution in [0.4, 0.5) is 0 Å². The van der Waals surface area contributed by atoms with E-state index in [0.717, 1.165) is 6.54 Å². The van der Waals surface area contributed by atoms with Crippen molar-refractivity contribution in [1.29, 1.82) is 0 Å². The molecule has 0 saturated carbocycles. The summed E-state index contributed by atoms with van der Waals surface area (Å²) < 4.78 is 0. The van der Waals surface area contributed by atoms with Crippen molar-refractivity contribution in [2.24, 2.45) is 16.6 Å². The van der Waals surface area contributed by atoms with Gasteiger partial charge in [0.05, 0.1) is 6.54 Å². The Morgan fingerprint density at radius 2 is 1.62 bits per heavy atom. The number of hydrogen-bond acceptors (Lipinski definition) is 2. The van der Waals surface area contributed by atoms with E-state index in [1.54, 1.807) is 0 Å². The first-order valence-electron chi connectivity index (χ1n) is 6.07. The standard InChI is InChI=1S/C12H28N4/c1-7-10(8-2)11(15(3)4)9-14-12(13)16(5)6/h10-11H,7-9H2,1-6H3,(H2,13,14)/t11-/m0/s1. The molecular weight excluding hydrogens is 200 g/mol. The Morgan fingerprint density at radius 3 is 1.94 bits per heavy atom. The molecule has 0 spiro atoms. The van der Waals surface area contributed by atoms with Crippen LogP contribution in [0.15, 0.2) is 4.99 Å². The maximum Gasteiger partial charge on any atom is 0.190 e. The molecule has 0 unspecified atom stereocenters. The minimum absolute atomic E-state index is 0.480. The van der Waals surface area contributed by atoms with Crippen LogP contribution in [0, 0.1) is 5.92 Å². The van der Waals surface area contributed by atoms with Crippen LogP contribution >= 0.6 is 0 Å². The van der Waals surface area contributed by atoms with Gasteiger partial charge in [0.15, 0.2) is 5.96 Å². The van der Waals surface area contributed by atoms with Gasteiger partial charge in [0, 0.05) is 20.1 Å². The molecule has 16 heavy (non-hydrogen) atoms. The Morgan fingerprint density at radius 1 is 1.12 bits per heavy atom. The summed E-state index contributed by atoms with van der Waals surface area (Å²) in [5.41, 5.74) is 5.81. The predicted molar refractivity (Wildman–Crippen MR) is 71.7 cm³/mol. The van der Waals surface area contributed by atoms with Crippen molar-refractivity contribution in [1.82, 2.24) is 9.80 Å². The van der Waals surface area contributed by atoms with Crippen LogP contribution in [-0.2, 0) is 0 Å². The maximum atomic E-state index is 5.81. The number of likely N-dealkylation sites (N-methyl/N-ethyl adjacent to an activating group) is 1. The third kappa shape index (κ3) is 4.84.